The molecule has 1 aliphatic carbocycles. The zero-order valence-corrected chi connectivity index (χ0v) is 12.6. The standard InChI is InChI=1S/C14H24N2O3S/c17-12(18)14(7-3-1-2-4-8-14)16-13(19)15-11-5-9-20-10-6-11/h11H,1-10H2,(H,17,18)(H2,15,16,19). The van der Waals surface area contributed by atoms with Gasteiger partial charge in [0.25, 0.3) is 0 Å². The van der Waals surface area contributed by atoms with Crippen molar-refractivity contribution in [2.75, 3.05) is 11.5 Å². The Balaban J connectivity index is 1.92. The second-order valence-electron chi connectivity index (χ2n) is 5.79. The number of nitrogens with one attached hydrogen (secondary N) is 2. The molecule has 1 aliphatic heterocycles. The fourth-order valence-corrected chi connectivity index (χ4v) is 4.11. The summed E-state index contributed by atoms with van der Waals surface area (Å²) in [6.45, 7) is 0. The Hall–Kier alpha value is -0.910. The van der Waals surface area contributed by atoms with Crippen molar-refractivity contribution >= 4 is 23.8 Å². The lowest BCUT2D eigenvalue weighted by molar-refractivity contribution is -0.145. The molecule has 0 atom stereocenters. The van der Waals surface area contributed by atoms with E-state index in [0.29, 0.717) is 12.8 Å². The maximum absolute atomic E-state index is 12.1. The van der Waals surface area contributed by atoms with E-state index < -0.39 is 11.5 Å². The van der Waals surface area contributed by atoms with Gasteiger partial charge in [-0.15, -0.1) is 0 Å². The first-order valence-electron chi connectivity index (χ1n) is 7.52. The molecule has 2 fully saturated rings. The number of carbonyl (C=O) groups excluding carboxylic acids is 1. The molecule has 2 rings (SSSR count). The topological polar surface area (TPSA) is 78.4 Å². The van der Waals surface area contributed by atoms with E-state index in [4.69, 9.17) is 0 Å². The quantitative estimate of drug-likeness (QED) is 0.699. The van der Waals surface area contributed by atoms with Crippen molar-refractivity contribution in [3.63, 3.8) is 0 Å². The van der Waals surface area contributed by atoms with Gasteiger partial charge in [0.2, 0.25) is 0 Å². The summed E-state index contributed by atoms with van der Waals surface area (Å²) < 4.78 is 0. The summed E-state index contributed by atoms with van der Waals surface area (Å²) in [5.41, 5.74) is -1.07. The minimum atomic E-state index is -1.07. The number of rotatable bonds is 3. The van der Waals surface area contributed by atoms with E-state index in [-0.39, 0.29) is 12.1 Å². The van der Waals surface area contributed by atoms with Gasteiger partial charge in [-0.05, 0) is 37.2 Å². The molecule has 6 heteroatoms. The van der Waals surface area contributed by atoms with Crippen molar-refractivity contribution in [2.24, 2.45) is 0 Å². The molecule has 0 aromatic carbocycles. The summed E-state index contributed by atoms with van der Waals surface area (Å²) in [6, 6.07) is -0.126. The zero-order chi connectivity index (χ0) is 14.4. The molecule has 3 N–H and O–H groups in total. The van der Waals surface area contributed by atoms with Crippen LogP contribution in [0.15, 0.2) is 0 Å². The van der Waals surface area contributed by atoms with Crippen LogP contribution in [0.5, 0.6) is 0 Å². The Kier molecular flexibility index (Phi) is 5.57. The van der Waals surface area contributed by atoms with Crippen LogP contribution < -0.4 is 10.6 Å². The van der Waals surface area contributed by atoms with Gasteiger partial charge in [-0.25, -0.2) is 9.59 Å². The maximum atomic E-state index is 12.1. The fourth-order valence-electron chi connectivity index (χ4n) is 3.01. The molecule has 2 aliphatic rings. The van der Waals surface area contributed by atoms with Crippen molar-refractivity contribution in [1.29, 1.82) is 0 Å². The van der Waals surface area contributed by atoms with Gasteiger partial charge >= 0.3 is 12.0 Å². The lowest BCUT2D eigenvalue weighted by atomic mass is 9.90. The highest BCUT2D eigenvalue weighted by molar-refractivity contribution is 7.99. The third kappa shape index (κ3) is 4.04. The van der Waals surface area contributed by atoms with Gasteiger partial charge in [-0.1, -0.05) is 25.7 Å². The number of carbonyl (C=O) groups is 2. The van der Waals surface area contributed by atoms with Gasteiger partial charge in [0, 0.05) is 6.04 Å². The predicted octanol–water partition coefficient (Wildman–Crippen LogP) is 2.36. The number of carboxylic acid groups (broad SMARTS) is 1. The Morgan fingerprint density at radius 3 is 2.20 bits per heavy atom. The van der Waals surface area contributed by atoms with E-state index in [0.717, 1.165) is 50.0 Å². The number of urea groups is 1. The van der Waals surface area contributed by atoms with Gasteiger partial charge in [0.05, 0.1) is 0 Å². The van der Waals surface area contributed by atoms with Crippen LogP contribution in [0.25, 0.3) is 0 Å². The molecule has 20 heavy (non-hydrogen) atoms. The van der Waals surface area contributed by atoms with Gasteiger partial charge in [0.15, 0.2) is 0 Å². The van der Waals surface area contributed by atoms with Crippen LogP contribution in [0, 0.1) is 0 Å². The summed E-state index contributed by atoms with van der Waals surface area (Å²) in [4.78, 5) is 23.7. The molecule has 1 heterocycles. The van der Waals surface area contributed by atoms with Crippen molar-refractivity contribution in [2.45, 2.75) is 62.9 Å². The highest BCUT2D eigenvalue weighted by atomic mass is 32.2. The highest BCUT2D eigenvalue weighted by Gasteiger charge is 2.40. The molecule has 114 valence electrons. The minimum absolute atomic E-state index is 0.188. The molecule has 0 aromatic heterocycles. The van der Waals surface area contributed by atoms with Crippen LogP contribution in [-0.2, 0) is 4.79 Å². The second-order valence-corrected chi connectivity index (χ2v) is 7.01. The first-order chi connectivity index (χ1) is 9.62. The van der Waals surface area contributed by atoms with E-state index in [1.807, 2.05) is 11.8 Å². The van der Waals surface area contributed by atoms with E-state index in [1.54, 1.807) is 0 Å². The molecule has 0 radical (unpaired) electrons. The van der Waals surface area contributed by atoms with E-state index in [9.17, 15) is 14.7 Å². The summed E-state index contributed by atoms with van der Waals surface area (Å²) >= 11 is 1.90. The van der Waals surface area contributed by atoms with Crippen molar-refractivity contribution < 1.29 is 14.7 Å². The Morgan fingerprint density at radius 2 is 1.65 bits per heavy atom. The molecule has 0 aromatic rings. The van der Waals surface area contributed by atoms with E-state index >= 15 is 0 Å². The van der Waals surface area contributed by atoms with Gasteiger partial charge < -0.3 is 15.7 Å². The number of amides is 2. The van der Waals surface area contributed by atoms with Gasteiger partial charge in [0.1, 0.15) is 5.54 Å². The lowest BCUT2D eigenvalue weighted by Crippen LogP contribution is -2.58. The molecule has 2 amide bonds. The Bertz CT molecular complexity index is 348. The molecule has 0 spiro atoms. The second kappa shape index (κ2) is 7.20. The Labute approximate surface area is 124 Å². The molecular weight excluding hydrogens is 276 g/mol. The monoisotopic (exact) mass is 300 g/mol. The third-order valence-corrected chi connectivity index (χ3v) is 5.32. The third-order valence-electron chi connectivity index (χ3n) is 4.28. The minimum Gasteiger partial charge on any atom is -0.480 e. The van der Waals surface area contributed by atoms with Gasteiger partial charge in [-0.3, -0.25) is 0 Å². The van der Waals surface area contributed by atoms with Crippen LogP contribution in [0.4, 0.5) is 4.79 Å². The van der Waals surface area contributed by atoms with Gasteiger partial charge in [-0.2, -0.15) is 11.8 Å². The molecule has 0 unspecified atom stereocenters. The van der Waals surface area contributed by atoms with Crippen LogP contribution >= 0.6 is 11.8 Å². The predicted molar refractivity (Wildman–Crippen MR) is 80.1 cm³/mol. The zero-order valence-electron chi connectivity index (χ0n) is 11.8. The normalized spacial score (nSPS) is 23.6. The fraction of sp³-hybridized carbons (Fsp3) is 0.857. The van der Waals surface area contributed by atoms with Crippen LogP contribution in [0.2, 0.25) is 0 Å². The molecule has 0 bridgehead atoms. The molecular formula is C14H24N2O3S. The average Bonchev–Trinajstić information content (AvgIpc) is 2.66. The molecule has 1 saturated heterocycles. The summed E-state index contributed by atoms with van der Waals surface area (Å²) in [6.07, 6.45) is 6.86. The molecule has 5 nitrogen and oxygen atoms in total. The van der Waals surface area contributed by atoms with Crippen molar-refractivity contribution in [3.8, 4) is 0 Å². The number of carboxylic acids is 1. The van der Waals surface area contributed by atoms with Crippen LogP contribution in [0.3, 0.4) is 0 Å². The van der Waals surface area contributed by atoms with E-state index in [1.165, 1.54) is 0 Å². The lowest BCUT2D eigenvalue weighted by Gasteiger charge is -2.31. The SMILES string of the molecule is O=C(NC1CCSCC1)NC1(C(=O)O)CCCCCC1. The Morgan fingerprint density at radius 1 is 1.05 bits per heavy atom. The van der Waals surface area contributed by atoms with Crippen molar-refractivity contribution in [3.05, 3.63) is 0 Å². The van der Waals surface area contributed by atoms with Crippen molar-refractivity contribution in [1.82, 2.24) is 10.6 Å². The number of aliphatic carboxylic acids is 1. The number of hydrogen-bond donors (Lipinski definition) is 3. The summed E-state index contributed by atoms with van der Waals surface area (Å²) in [5.74, 6) is 1.23. The maximum Gasteiger partial charge on any atom is 0.329 e. The number of hydrogen-bond acceptors (Lipinski definition) is 3. The van der Waals surface area contributed by atoms with Crippen LogP contribution in [-0.4, -0.2) is 40.2 Å². The van der Waals surface area contributed by atoms with E-state index in [2.05, 4.69) is 10.6 Å². The smallest absolute Gasteiger partial charge is 0.329 e. The molecule has 1 saturated carbocycles. The summed E-state index contributed by atoms with van der Waals surface area (Å²) in [7, 11) is 0. The first kappa shape index (κ1) is 15.5. The average molecular weight is 300 g/mol. The largest absolute Gasteiger partial charge is 0.480 e. The first-order valence-corrected chi connectivity index (χ1v) is 8.68. The highest BCUT2D eigenvalue weighted by Crippen LogP contribution is 2.27. The van der Waals surface area contributed by atoms with Crippen LogP contribution in [0.1, 0.15) is 51.4 Å². The number of thioether (sulfide) groups is 1. The summed E-state index contributed by atoms with van der Waals surface area (Å²) in [5, 5.41) is 15.2.